The van der Waals surface area contributed by atoms with Gasteiger partial charge in [-0.1, -0.05) is 58.0 Å². The van der Waals surface area contributed by atoms with Gasteiger partial charge in [-0.05, 0) is 78.3 Å². The van der Waals surface area contributed by atoms with E-state index in [0.717, 1.165) is 18.1 Å². The Balaban J connectivity index is 1.44. The number of phenols is 1. The Morgan fingerprint density at radius 2 is 1.57 bits per heavy atom. The molecule has 3 aromatic rings. The molecule has 9 nitrogen and oxygen atoms in total. The molecule has 9 heteroatoms. The summed E-state index contributed by atoms with van der Waals surface area (Å²) in [6.45, 7) is 8.00. The lowest BCUT2D eigenvalue weighted by Crippen LogP contribution is -2.69. The van der Waals surface area contributed by atoms with E-state index in [-0.39, 0.29) is 41.9 Å². The van der Waals surface area contributed by atoms with Crippen LogP contribution in [0.15, 0.2) is 77.6 Å². The van der Waals surface area contributed by atoms with E-state index < -0.39 is 62.7 Å². The minimum atomic E-state index is -2.66. The number of Topliss-reactive ketones (excluding diaryl/α,β-unsaturated/α-hetero) is 4. The topological polar surface area (TPSA) is 158 Å². The van der Waals surface area contributed by atoms with Crippen molar-refractivity contribution in [3.05, 3.63) is 99.8 Å². The standard InChI is InChI=1S/C40H40O9/c1-20(2)32-34(44)30(21(3)41)36(46)40(48)37(47)33-35(45)31-27(18-38(33,4)19-39(32,40)5)26(15-16-28(31)42)23-9-7-22(8-10-23)17-29(43)24-11-13-25(49-6)14-12-24/h7-16,20,32,42,45-46,48H,17-19H2,1-6H3/t32?,38-,39-,40+/m1/s1. The van der Waals surface area contributed by atoms with Crippen LogP contribution in [0.4, 0.5) is 0 Å². The molecule has 0 saturated heterocycles. The van der Waals surface area contributed by atoms with E-state index in [2.05, 4.69) is 0 Å². The Labute approximate surface area is 284 Å². The second-order valence-electron chi connectivity index (χ2n) is 14.5. The molecule has 3 aliphatic carbocycles. The normalized spacial score (nSPS) is 26.3. The van der Waals surface area contributed by atoms with Gasteiger partial charge >= 0.3 is 0 Å². The molecule has 0 aliphatic heterocycles. The van der Waals surface area contributed by atoms with Crippen molar-refractivity contribution >= 4 is 28.9 Å². The third-order valence-corrected chi connectivity index (χ3v) is 10.9. The molecule has 4 atom stereocenters. The minimum Gasteiger partial charge on any atom is -0.508 e. The van der Waals surface area contributed by atoms with Crippen LogP contribution in [0.1, 0.15) is 68.1 Å². The number of allylic oxidation sites excluding steroid dienone is 1. The molecule has 0 spiro atoms. The van der Waals surface area contributed by atoms with Crippen LogP contribution in [0.5, 0.6) is 11.5 Å². The zero-order valence-electron chi connectivity index (χ0n) is 28.4. The monoisotopic (exact) mass is 664 g/mol. The van der Waals surface area contributed by atoms with Crippen LogP contribution in [0.2, 0.25) is 0 Å². The molecule has 1 saturated carbocycles. The highest BCUT2D eigenvalue weighted by Crippen LogP contribution is 2.65. The van der Waals surface area contributed by atoms with Gasteiger partial charge in [-0.15, -0.1) is 0 Å². The van der Waals surface area contributed by atoms with Crippen molar-refractivity contribution in [3.8, 4) is 22.6 Å². The average Bonchev–Trinajstić information content (AvgIpc) is 3.03. The molecule has 3 aliphatic rings. The number of phenolic OH excluding ortho intramolecular Hbond substituents is 1. The third-order valence-electron chi connectivity index (χ3n) is 10.9. The number of rotatable bonds is 7. The maximum Gasteiger partial charge on any atom is 0.203 e. The lowest BCUT2D eigenvalue weighted by Gasteiger charge is -2.59. The summed E-state index contributed by atoms with van der Waals surface area (Å²) in [6.07, 6.45) is 0.341. The van der Waals surface area contributed by atoms with E-state index in [1.54, 1.807) is 65.1 Å². The van der Waals surface area contributed by atoms with E-state index >= 15 is 0 Å². The molecule has 3 aromatic carbocycles. The van der Waals surface area contributed by atoms with Crippen molar-refractivity contribution in [1.29, 1.82) is 0 Å². The summed E-state index contributed by atoms with van der Waals surface area (Å²) in [4.78, 5) is 53.8. The molecular weight excluding hydrogens is 624 g/mol. The molecule has 0 bridgehead atoms. The van der Waals surface area contributed by atoms with Crippen LogP contribution in [-0.2, 0) is 27.2 Å². The average molecular weight is 665 g/mol. The molecule has 0 radical (unpaired) electrons. The molecule has 1 fully saturated rings. The Hall–Kier alpha value is -5.02. The van der Waals surface area contributed by atoms with Crippen LogP contribution in [-0.4, -0.2) is 56.3 Å². The SMILES string of the molecule is COc1ccc(C(=O)Cc2ccc(-c3ccc(O)c4c3C[C@]3(C)C[C@]5(C)C(C(C)C)C(=O)C(C(C)=O)=C(O)[C@]5(O)C(=O)C3=C4O)cc2)cc1. The first-order valence-corrected chi connectivity index (χ1v) is 16.3. The lowest BCUT2D eigenvalue weighted by atomic mass is 9.43. The number of aromatic hydroxyl groups is 1. The van der Waals surface area contributed by atoms with Gasteiger partial charge in [0.1, 0.15) is 28.6 Å². The number of carbonyl (C=O) groups is 4. The van der Waals surface area contributed by atoms with Crippen molar-refractivity contribution in [1.82, 2.24) is 0 Å². The number of aliphatic hydroxyl groups is 3. The zero-order valence-corrected chi connectivity index (χ0v) is 28.4. The van der Waals surface area contributed by atoms with Gasteiger partial charge in [-0.2, -0.15) is 0 Å². The van der Waals surface area contributed by atoms with Crippen molar-refractivity contribution in [2.24, 2.45) is 22.7 Å². The van der Waals surface area contributed by atoms with Crippen molar-refractivity contribution < 1.29 is 44.3 Å². The predicted octanol–water partition coefficient (Wildman–Crippen LogP) is 6.29. The van der Waals surface area contributed by atoms with Gasteiger partial charge in [0, 0.05) is 34.3 Å². The molecule has 4 N–H and O–H groups in total. The Morgan fingerprint density at radius 1 is 0.939 bits per heavy atom. The predicted molar refractivity (Wildman–Crippen MR) is 182 cm³/mol. The maximum atomic E-state index is 14.5. The summed E-state index contributed by atoms with van der Waals surface area (Å²) >= 11 is 0. The van der Waals surface area contributed by atoms with Gasteiger partial charge in [0.25, 0.3) is 0 Å². The minimum absolute atomic E-state index is 0.00636. The lowest BCUT2D eigenvalue weighted by molar-refractivity contribution is -0.178. The van der Waals surface area contributed by atoms with Crippen molar-refractivity contribution in [2.45, 2.75) is 59.5 Å². The molecule has 49 heavy (non-hydrogen) atoms. The van der Waals surface area contributed by atoms with E-state index in [1.165, 1.54) is 6.07 Å². The molecule has 0 amide bonds. The highest BCUT2D eigenvalue weighted by molar-refractivity contribution is 6.24. The number of fused-ring (bicyclic) bond motifs is 3. The highest BCUT2D eigenvalue weighted by atomic mass is 16.5. The zero-order chi connectivity index (χ0) is 35.8. The van der Waals surface area contributed by atoms with E-state index in [9.17, 15) is 39.6 Å². The van der Waals surface area contributed by atoms with E-state index in [1.807, 2.05) is 24.3 Å². The summed E-state index contributed by atoms with van der Waals surface area (Å²) in [5, 5.41) is 46.5. The van der Waals surface area contributed by atoms with Gasteiger partial charge in [-0.25, -0.2) is 0 Å². The molecule has 6 rings (SSSR count). The number of hydrogen-bond acceptors (Lipinski definition) is 9. The highest BCUT2D eigenvalue weighted by Gasteiger charge is 2.72. The van der Waals surface area contributed by atoms with Crippen LogP contribution in [0.25, 0.3) is 16.9 Å². The number of aliphatic hydroxyl groups excluding tert-OH is 2. The first-order chi connectivity index (χ1) is 23.0. The van der Waals surface area contributed by atoms with E-state index in [0.29, 0.717) is 22.4 Å². The Kier molecular flexibility index (Phi) is 7.98. The Morgan fingerprint density at radius 3 is 2.14 bits per heavy atom. The van der Waals surface area contributed by atoms with E-state index in [4.69, 9.17) is 4.74 Å². The van der Waals surface area contributed by atoms with Gasteiger partial charge in [-0.3, -0.25) is 19.2 Å². The number of methoxy groups -OCH3 is 1. The molecule has 1 unspecified atom stereocenters. The number of ketones is 4. The fourth-order valence-corrected chi connectivity index (χ4v) is 8.86. The van der Waals surface area contributed by atoms with Crippen LogP contribution in [0, 0.1) is 22.7 Å². The van der Waals surface area contributed by atoms with Crippen molar-refractivity contribution in [3.63, 3.8) is 0 Å². The van der Waals surface area contributed by atoms with Crippen LogP contribution < -0.4 is 4.74 Å². The summed E-state index contributed by atoms with van der Waals surface area (Å²) in [6, 6.07) is 17.4. The molecule has 0 aromatic heterocycles. The summed E-state index contributed by atoms with van der Waals surface area (Å²) < 4.78 is 5.17. The first kappa shape index (κ1) is 33.9. The van der Waals surface area contributed by atoms with Gasteiger partial charge in [0.2, 0.25) is 5.78 Å². The number of carbonyl (C=O) groups excluding carboxylic acids is 4. The number of benzene rings is 3. The second-order valence-corrected chi connectivity index (χ2v) is 14.5. The van der Waals surface area contributed by atoms with Gasteiger partial charge in [0.05, 0.1) is 12.7 Å². The molecular formula is C40H40O9. The van der Waals surface area contributed by atoms with Crippen molar-refractivity contribution in [2.75, 3.05) is 7.11 Å². The van der Waals surface area contributed by atoms with Gasteiger partial charge < -0.3 is 25.2 Å². The maximum absolute atomic E-state index is 14.5. The van der Waals surface area contributed by atoms with Crippen LogP contribution >= 0.6 is 0 Å². The number of ether oxygens (including phenoxy) is 1. The fraction of sp³-hybridized carbons (Fsp3) is 0.350. The fourth-order valence-electron chi connectivity index (χ4n) is 8.86. The molecule has 0 heterocycles. The first-order valence-electron chi connectivity index (χ1n) is 16.3. The second kappa shape index (κ2) is 11.6. The third kappa shape index (κ3) is 4.85. The summed E-state index contributed by atoms with van der Waals surface area (Å²) in [5.41, 5.74) is -2.72. The smallest absolute Gasteiger partial charge is 0.203 e. The van der Waals surface area contributed by atoms with Crippen LogP contribution in [0.3, 0.4) is 0 Å². The largest absolute Gasteiger partial charge is 0.508 e. The summed E-state index contributed by atoms with van der Waals surface area (Å²) in [7, 11) is 1.56. The van der Waals surface area contributed by atoms with Gasteiger partial charge in [0.15, 0.2) is 23.0 Å². The summed E-state index contributed by atoms with van der Waals surface area (Å²) in [5.74, 6) is -4.99. The molecule has 254 valence electrons. The Bertz CT molecular complexity index is 2000. The number of hydrogen-bond donors (Lipinski definition) is 4. The quantitative estimate of drug-likeness (QED) is 0.168.